The Morgan fingerprint density at radius 3 is 2.75 bits per heavy atom. The van der Waals surface area contributed by atoms with Gasteiger partial charge in [-0.25, -0.2) is 9.36 Å². The predicted molar refractivity (Wildman–Crippen MR) is 103 cm³/mol. The van der Waals surface area contributed by atoms with E-state index in [9.17, 15) is 19.6 Å². The summed E-state index contributed by atoms with van der Waals surface area (Å²) < 4.78 is 39.4. The van der Waals surface area contributed by atoms with Crippen molar-refractivity contribution < 1.29 is 52.8 Å². The number of carbonyl (C=O) groups is 1. The van der Waals surface area contributed by atoms with Gasteiger partial charge >= 0.3 is 13.8 Å². The average molecular weight is 474 g/mol. The molecule has 11 nitrogen and oxygen atoms in total. The summed E-state index contributed by atoms with van der Waals surface area (Å²) in [4.78, 5) is 30.3. The molecule has 0 amide bonds. The van der Waals surface area contributed by atoms with Crippen LogP contribution in [0.2, 0.25) is 0 Å². The van der Waals surface area contributed by atoms with Crippen molar-refractivity contribution in [3.05, 3.63) is 11.1 Å². The van der Waals surface area contributed by atoms with Gasteiger partial charge in [-0.2, -0.15) is 0 Å². The zero-order chi connectivity index (χ0) is 22.8. The Kier molecular flexibility index (Phi) is 4.34. The van der Waals surface area contributed by atoms with Crippen LogP contribution in [0.5, 0.6) is 0 Å². The Bertz CT molecular complexity index is 959. The highest BCUT2D eigenvalue weighted by molar-refractivity contribution is 7.46. The van der Waals surface area contributed by atoms with E-state index in [0.717, 1.165) is 11.1 Å². The molecule has 0 aromatic carbocycles. The highest BCUT2D eigenvalue weighted by Gasteiger charge is 2.95. The van der Waals surface area contributed by atoms with Gasteiger partial charge in [0.05, 0.1) is 18.3 Å². The first kappa shape index (κ1) is 21.6. The maximum atomic E-state index is 12.2. The Labute approximate surface area is 183 Å². The topological polar surface area (TPSA) is 168 Å². The smallest absolute Gasteiger partial charge is 0.458 e. The van der Waals surface area contributed by atoms with Crippen LogP contribution in [0.15, 0.2) is 11.1 Å². The number of ether oxygens (including phenoxy) is 4. The molecule has 0 aromatic heterocycles. The first-order valence-corrected chi connectivity index (χ1v) is 12.4. The zero-order valence-electron chi connectivity index (χ0n) is 17.7. The molecule has 6 rings (SSSR count). The lowest BCUT2D eigenvalue weighted by molar-refractivity contribution is -0.184. The highest BCUT2D eigenvalue weighted by Crippen LogP contribution is 2.79. The zero-order valence-corrected chi connectivity index (χ0v) is 18.6. The summed E-state index contributed by atoms with van der Waals surface area (Å²) in [5.74, 6) is -1.09. The molecule has 10 unspecified atom stereocenters. The monoisotopic (exact) mass is 474 g/mol. The maximum absolute atomic E-state index is 12.2. The van der Waals surface area contributed by atoms with E-state index in [4.69, 9.17) is 28.7 Å². The lowest BCUT2D eigenvalue weighted by atomic mass is 9.46. The lowest BCUT2D eigenvalue weighted by Crippen LogP contribution is -2.70. The quantitative estimate of drug-likeness (QED) is 0.180. The van der Waals surface area contributed by atoms with Crippen LogP contribution in [0, 0.1) is 17.3 Å². The summed E-state index contributed by atoms with van der Waals surface area (Å²) in [6, 6.07) is 0. The number of fused-ring (bicyclic) bond motifs is 2. The summed E-state index contributed by atoms with van der Waals surface area (Å²) in [5.41, 5.74) is -0.659. The van der Waals surface area contributed by atoms with Crippen molar-refractivity contribution >= 4 is 13.8 Å². The first-order valence-electron chi connectivity index (χ1n) is 10.9. The van der Waals surface area contributed by atoms with E-state index in [1.807, 2.05) is 0 Å². The summed E-state index contributed by atoms with van der Waals surface area (Å²) in [6.45, 7) is 3.15. The minimum atomic E-state index is -4.77. The normalized spacial score (nSPS) is 51.6. The van der Waals surface area contributed by atoms with Crippen molar-refractivity contribution in [3.8, 4) is 0 Å². The largest absolute Gasteiger partial charge is 0.471 e. The number of hydrogen-bond acceptors (Lipinski definition) is 9. The predicted octanol–water partition coefficient (Wildman–Crippen LogP) is -0.242. The van der Waals surface area contributed by atoms with Gasteiger partial charge in [0.15, 0.2) is 12.4 Å². The SMILES string of the molecule is CC(O)C1C(O)C2OC23C2(C)CCC4=C(COC4=O)C2CC2OC23C1OCOP(=O)(O)O. The number of hydrogen-bond donors (Lipinski definition) is 4. The molecule has 3 heterocycles. The van der Waals surface area contributed by atoms with E-state index < -0.39 is 61.6 Å². The molecule has 0 radical (unpaired) electrons. The molecule has 12 heteroatoms. The van der Waals surface area contributed by atoms with E-state index in [-0.39, 0.29) is 24.6 Å². The third kappa shape index (κ3) is 2.44. The molecule has 2 saturated carbocycles. The molecule has 3 aliphatic carbocycles. The van der Waals surface area contributed by atoms with E-state index in [1.54, 1.807) is 0 Å². The summed E-state index contributed by atoms with van der Waals surface area (Å²) in [7, 11) is -4.77. The number of esters is 1. The number of epoxide rings is 2. The number of phosphoric acid groups is 1. The van der Waals surface area contributed by atoms with E-state index in [0.29, 0.717) is 19.3 Å². The van der Waals surface area contributed by atoms with Crippen molar-refractivity contribution in [2.24, 2.45) is 17.3 Å². The van der Waals surface area contributed by atoms with Crippen LogP contribution in [0.25, 0.3) is 0 Å². The van der Waals surface area contributed by atoms with Gasteiger partial charge in [0.2, 0.25) is 0 Å². The fourth-order valence-corrected chi connectivity index (χ4v) is 7.75. The van der Waals surface area contributed by atoms with Crippen molar-refractivity contribution in [3.63, 3.8) is 0 Å². The van der Waals surface area contributed by atoms with Gasteiger partial charge in [0.25, 0.3) is 0 Å². The van der Waals surface area contributed by atoms with Gasteiger partial charge in [-0.05, 0) is 37.7 Å². The Morgan fingerprint density at radius 2 is 2.06 bits per heavy atom. The number of cyclic esters (lactones) is 1. The lowest BCUT2D eigenvalue weighted by Gasteiger charge is -2.55. The van der Waals surface area contributed by atoms with Gasteiger partial charge in [-0.3, -0.25) is 4.52 Å². The number of carbonyl (C=O) groups excluding carboxylic acids is 1. The first-order chi connectivity index (χ1) is 15.0. The van der Waals surface area contributed by atoms with Crippen molar-refractivity contribution in [1.82, 2.24) is 0 Å². The average Bonchev–Trinajstić information content (AvgIpc) is 3.57. The van der Waals surface area contributed by atoms with Gasteiger partial charge in [0, 0.05) is 16.9 Å². The van der Waals surface area contributed by atoms with Crippen LogP contribution in [-0.4, -0.2) is 81.1 Å². The maximum Gasteiger partial charge on any atom is 0.471 e. The summed E-state index contributed by atoms with van der Waals surface area (Å²) in [5, 5.41) is 21.7. The molecule has 10 atom stereocenters. The molecule has 0 aromatic rings. The number of rotatable bonds is 5. The second-order valence-corrected chi connectivity index (χ2v) is 11.3. The second-order valence-electron chi connectivity index (χ2n) is 10.1. The Balaban J connectivity index is 1.40. The van der Waals surface area contributed by atoms with Gasteiger partial charge in [0.1, 0.15) is 24.4 Å². The van der Waals surface area contributed by atoms with Crippen LogP contribution in [0.3, 0.4) is 0 Å². The van der Waals surface area contributed by atoms with Crippen LogP contribution in [-0.2, 0) is 32.8 Å². The fourth-order valence-electron chi connectivity index (χ4n) is 7.55. The summed E-state index contributed by atoms with van der Waals surface area (Å²) >= 11 is 0. The standard InChI is InChI=1S/C20H27O11P/c1-8(21)13-14(22)16-20(31-16)18(2)4-3-9-10(6-27-17(9)23)11(18)5-12-19(20,30-12)15(13)28-7-29-32(24,25)26/h8,11-16,21-22H,3-7H2,1-2H3,(H2,24,25,26). The molecule has 4 fully saturated rings. The van der Waals surface area contributed by atoms with Crippen LogP contribution in [0.1, 0.15) is 33.1 Å². The fraction of sp³-hybridized carbons (Fsp3) is 0.850. The van der Waals surface area contributed by atoms with E-state index in [1.165, 1.54) is 6.92 Å². The molecule has 4 N–H and O–H groups in total. The van der Waals surface area contributed by atoms with Crippen molar-refractivity contribution in [1.29, 1.82) is 0 Å². The molecular weight excluding hydrogens is 447 g/mol. The van der Waals surface area contributed by atoms with E-state index in [2.05, 4.69) is 11.4 Å². The molecule has 32 heavy (non-hydrogen) atoms. The molecule has 3 aliphatic heterocycles. The Morgan fingerprint density at radius 1 is 1.31 bits per heavy atom. The van der Waals surface area contributed by atoms with E-state index >= 15 is 0 Å². The second kappa shape index (κ2) is 6.41. The van der Waals surface area contributed by atoms with Crippen LogP contribution >= 0.6 is 7.82 Å². The third-order valence-corrected chi connectivity index (χ3v) is 9.31. The summed E-state index contributed by atoms with van der Waals surface area (Å²) in [6.07, 6.45) is -2.07. The molecule has 2 saturated heterocycles. The molecule has 6 aliphatic rings. The van der Waals surface area contributed by atoms with Crippen molar-refractivity contribution in [2.45, 2.75) is 74.8 Å². The van der Waals surface area contributed by atoms with Crippen LogP contribution in [0.4, 0.5) is 0 Å². The number of aliphatic hydroxyl groups excluding tert-OH is 2. The molecule has 2 spiro atoms. The molecule has 0 bridgehead atoms. The molecule has 178 valence electrons. The highest BCUT2D eigenvalue weighted by atomic mass is 31.2. The number of phosphoric ester groups is 1. The third-order valence-electron chi connectivity index (χ3n) is 8.87. The van der Waals surface area contributed by atoms with Gasteiger partial charge in [-0.1, -0.05) is 6.92 Å². The van der Waals surface area contributed by atoms with Crippen LogP contribution < -0.4 is 0 Å². The minimum absolute atomic E-state index is 0.0226. The van der Waals surface area contributed by atoms with Gasteiger partial charge < -0.3 is 38.9 Å². The minimum Gasteiger partial charge on any atom is -0.458 e. The van der Waals surface area contributed by atoms with Gasteiger partial charge in [-0.15, -0.1) is 0 Å². The molecular formula is C20H27O11P. The Hall–Kier alpha value is -0.880. The van der Waals surface area contributed by atoms with Crippen molar-refractivity contribution in [2.75, 3.05) is 13.4 Å². The number of aliphatic hydroxyl groups is 2.